The molecule has 0 radical (unpaired) electrons. The summed E-state index contributed by atoms with van der Waals surface area (Å²) in [5, 5.41) is 7.46. The van der Waals surface area contributed by atoms with E-state index in [1.165, 1.54) is 12.8 Å². The molecular weight excluding hydrogens is 332 g/mol. The number of carbonyl (C=O) groups excluding carboxylic acids is 1. The molecule has 2 aliphatic rings. The standard InChI is InChI=1S/C18H26N6O2/c1-26-14-10-15(18-19-8-9-20-18)23(11-14)12-17(25)22-16-6-7-21-24(16)13-4-2-3-5-13/h6-9,13-15H,2-5,10-12H2,1H3,(H,19,20)(H,22,25)/t14-,15?/m1/s1. The lowest BCUT2D eigenvalue weighted by atomic mass is 10.2. The van der Waals surface area contributed by atoms with Crippen molar-refractivity contribution in [2.24, 2.45) is 0 Å². The molecule has 4 rings (SSSR count). The van der Waals surface area contributed by atoms with Gasteiger partial charge in [0.25, 0.3) is 0 Å². The Balaban J connectivity index is 1.42. The maximum atomic E-state index is 12.7. The first-order valence-corrected chi connectivity index (χ1v) is 9.34. The SMILES string of the molecule is CO[C@@H]1CC(c2ncc[nH]2)N(CC(=O)Nc2ccnn2C2CCCC2)C1. The minimum absolute atomic E-state index is 0.0296. The topological polar surface area (TPSA) is 88.1 Å². The van der Waals surface area contributed by atoms with Crippen molar-refractivity contribution >= 4 is 11.7 Å². The average molecular weight is 358 g/mol. The third-order valence-corrected chi connectivity index (χ3v) is 5.49. The van der Waals surface area contributed by atoms with Crippen LogP contribution >= 0.6 is 0 Å². The number of imidazole rings is 1. The number of amides is 1. The molecule has 1 amide bonds. The monoisotopic (exact) mass is 358 g/mol. The van der Waals surface area contributed by atoms with Gasteiger partial charge in [-0.3, -0.25) is 9.69 Å². The molecule has 1 aliphatic carbocycles. The molecule has 0 aromatic carbocycles. The van der Waals surface area contributed by atoms with Crippen molar-refractivity contribution in [1.82, 2.24) is 24.6 Å². The van der Waals surface area contributed by atoms with Gasteiger partial charge < -0.3 is 15.0 Å². The third kappa shape index (κ3) is 3.52. The number of H-pyrrole nitrogens is 1. The van der Waals surface area contributed by atoms with Gasteiger partial charge in [0, 0.05) is 32.1 Å². The number of nitrogens with one attached hydrogen (secondary N) is 2. The molecule has 0 spiro atoms. The van der Waals surface area contributed by atoms with Gasteiger partial charge in [-0.25, -0.2) is 9.67 Å². The molecule has 1 saturated carbocycles. The number of likely N-dealkylation sites (tertiary alicyclic amines) is 1. The van der Waals surface area contributed by atoms with Gasteiger partial charge in [-0.1, -0.05) is 12.8 Å². The highest BCUT2D eigenvalue weighted by molar-refractivity contribution is 5.91. The Kier molecular flexibility index (Phi) is 5.03. The number of ether oxygens (including phenoxy) is 1. The van der Waals surface area contributed by atoms with Crippen LogP contribution in [0.3, 0.4) is 0 Å². The van der Waals surface area contributed by atoms with Crippen molar-refractivity contribution in [3.05, 3.63) is 30.5 Å². The number of anilines is 1. The predicted octanol–water partition coefficient (Wildman–Crippen LogP) is 2.12. The van der Waals surface area contributed by atoms with E-state index in [2.05, 4.69) is 25.3 Å². The summed E-state index contributed by atoms with van der Waals surface area (Å²) in [6.45, 7) is 1.03. The number of aromatic amines is 1. The fourth-order valence-electron chi connectivity index (χ4n) is 4.17. The fourth-order valence-corrected chi connectivity index (χ4v) is 4.17. The highest BCUT2D eigenvalue weighted by Crippen LogP contribution is 2.32. The van der Waals surface area contributed by atoms with Gasteiger partial charge in [-0.15, -0.1) is 0 Å². The molecule has 1 saturated heterocycles. The molecule has 0 bridgehead atoms. The Morgan fingerprint density at radius 1 is 1.38 bits per heavy atom. The predicted molar refractivity (Wildman–Crippen MR) is 96.7 cm³/mol. The first-order valence-electron chi connectivity index (χ1n) is 9.34. The van der Waals surface area contributed by atoms with Crippen molar-refractivity contribution in [3.63, 3.8) is 0 Å². The second kappa shape index (κ2) is 7.59. The Labute approximate surface area is 152 Å². The summed E-state index contributed by atoms with van der Waals surface area (Å²) in [6, 6.07) is 2.35. The molecule has 2 aromatic heterocycles. The van der Waals surface area contributed by atoms with E-state index in [1.807, 2.05) is 16.9 Å². The molecule has 2 fully saturated rings. The Morgan fingerprint density at radius 2 is 2.23 bits per heavy atom. The smallest absolute Gasteiger partial charge is 0.239 e. The van der Waals surface area contributed by atoms with E-state index in [0.717, 1.165) is 37.4 Å². The molecule has 26 heavy (non-hydrogen) atoms. The minimum Gasteiger partial charge on any atom is -0.380 e. The lowest BCUT2D eigenvalue weighted by molar-refractivity contribution is -0.117. The molecule has 2 atom stereocenters. The fraction of sp³-hybridized carbons (Fsp3) is 0.611. The first kappa shape index (κ1) is 17.2. The molecule has 1 aliphatic heterocycles. The second-order valence-corrected chi connectivity index (χ2v) is 7.16. The lowest BCUT2D eigenvalue weighted by Gasteiger charge is -2.22. The van der Waals surface area contributed by atoms with Crippen LogP contribution in [0.1, 0.15) is 50.0 Å². The number of hydrogen-bond donors (Lipinski definition) is 2. The number of aromatic nitrogens is 4. The van der Waals surface area contributed by atoms with Crippen LogP contribution in [0.15, 0.2) is 24.7 Å². The van der Waals surface area contributed by atoms with E-state index in [0.29, 0.717) is 12.6 Å². The van der Waals surface area contributed by atoms with E-state index in [9.17, 15) is 4.79 Å². The zero-order valence-electron chi connectivity index (χ0n) is 15.1. The van der Waals surface area contributed by atoms with Crippen LogP contribution in [0.25, 0.3) is 0 Å². The molecule has 8 nitrogen and oxygen atoms in total. The number of hydrogen-bond acceptors (Lipinski definition) is 5. The molecule has 1 unspecified atom stereocenters. The molecule has 3 heterocycles. The number of nitrogens with zero attached hydrogens (tertiary/aromatic N) is 4. The first-order chi connectivity index (χ1) is 12.7. The largest absolute Gasteiger partial charge is 0.380 e. The third-order valence-electron chi connectivity index (χ3n) is 5.49. The van der Waals surface area contributed by atoms with Gasteiger partial charge in [-0.05, 0) is 19.3 Å². The number of rotatable bonds is 6. The van der Waals surface area contributed by atoms with E-state index in [-0.39, 0.29) is 18.1 Å². The van der Waals surface area contributed by atoms with Gasteiger partial charge in [0.05, 0.1) is 30.9 Å². The molecule has 140 valence electrons. The highest BCUT2D eigenvalue weighted by atomic mass is 16.5. The number of carbonyl (C=O) groups is 1. The van der Waals surface area contributed by atoms with E-state index < -0.39 is 0 Å². The Bertz CT molecular complexity index is 722. The van der Waals surface area contributed by atoms with Gasteiger partial charge in [0.1, 0.15) is 11.6 Å². The van der Waals surface area contributed by atoms with Crippen molar-refractivity contribution < 1.29 is 9.53 Å². The highest BCUT2D eigenvalue weighted by Gasteiger charge is 2.35. The quantitative estimate of drug-likeness (QED) is 0.826. The van der Waals surface area contributed by atoms with Crippen molar-refractivity contribution in [2.45, 2.75) is 50.3 Å². The van der Waals surface area contributed by atoms with Crippen molar-refractivity contribution in [3.8, 4) is 0 Å². The molecular formula is C18H26N6O2. The van der Waals surface area contributed by atoms with Gasteiger partial charge in [0.2, 0.25) is 5.91 Å². The molecule has 2 aromatic rings. The van der Waals surface area contributed by atoms with Gasteiger partial charge in [0.15, 0.2) is 0 Å². The van der Waals surface area contributed by atoms with Gasteiger partial charge in [-0.2, -0.15) is 5.10 Å². The zero-order valence-corrected chi connectivity index (χ0v) is 15.1. The average Bonchev–Trinajstić information content (AvgIpc) is 3.41. The second-order valence-electron chi connectivity index (χ2n) is 7.16. The maximum absolute atomic E-state index is 12.7. The van der Waals surface area contributed by atoms with E-state index in [4.69, 9.17) is 4.74 Å². The summed E-state index contributed by atoms with van der Waals surface area (Å²) in [5.41, 5.74) is 0. The summed E-state index contributed by atoms with van der Waals surface area (Å²) in [6.07, 6.45) is 11.0. The molecule has 2 N–H and O–H groups in total. The van der Waals surface area contributed by atoms with Gasteiger partial charge >= 0.3 is 0 Å². The number of methoxy groups -OCH3 is 1. The zero-order chi connectivity index (χ0) is 17.9. The Hall–Kier alpha value is -2.19. The van der Waals surface area contributed by atoms with Crippen LogP contribution in [0.5, 0.6) is 0 Å². The molecule has 8 heteroatoms. The lowest BCUT2D eigenvalue weighted by Crippen LogP contribution is -2.34. The van der Waals surface area contributed by atoms with Crippen LogP contribution in [0, 0.1) is 0 Å². The summed E-state index contributed by atoms with van der Waals surface area (Å²) >= 11 is 0. The summed E-state index contributed by atoms with van der Waals surface area (Å²) in [4.78, 5) is 22.3. The van der Waals surface area contributed by atoms with E-state index >= 15 is 0 Å². The summed E-state index contributed by atoms with van der Waals surface area (Å²) < 4.78 is 7.48. The van der Waals surface area contributed by atoms with Crippen molar-refractivity contribution in [2.75, 3.05) is 25.5 Å². The van der Waals surface area contributed by atoms with E-state index in [1.54, 1.807) is 19.5 Å². The summed E-state index contributed by atoms with van der Waals surface area (Å²) in [7, 11) is 1.72. The van der Waals surface area contributed by atoms with Crippen LogP contribution in [-0.2, 0) is 9.53 Å². The van der Waals surface area contributed by atoms with Crippen molar-refractivity contribution in [1.29, 1.82) is 0 Å². The maximum Gasteiger partial charge on any atom is 0.239 e. The summed E-state index contributed by atoms with van der Waals surface area (Å²) in [5.74, 6) is 1.64. The Morgan fingerprint density at radius 3 is 2.96 bits per heavy atom. The van der Waals surface area contributed by atoms with Crippen LogP contribution < -0.4 is 5.32 Å². The normalized spacial score (nSPS) is 24.3. The van der Waals surface area contributed by atoms with Crippen LogP contribution in [0.4, 0.5) is 5.82 Å². The van der Waals surface area contributed by atoms with Crippen LogP contribution in [0.2, 0.25) is 0 Å². The minimum atomic E-state index is -0.0296. The van der Waals surface area contributed by atoms with Crippen LogP contribution in [-0.4, -0.2) is 56.9 Å².